The van der Waals surface area contributed by atoms with Gasteiger partial charge in [0.25, 0.3) is 0 Å². The summed E-state index contributed by atoms with van der Waals surface area (Å²) >= 11 is 5.72. The van der Waals surface area contributed by atoms with Crippen LogP contribution in [0.25, 0.3) is 0 Å². The highest BCUT2D eigenvalue weighted by Gasteiger charge is 2.17. The molecule has 0 saturated heterocycles. The van der Waals surface area contributed by atoms with Crippen molar-refractivity contribution in [2.45, 2.75) is 13.8 Å². The second-order valence-corrected chi connectivity index (χ2v) is 4.52. The van der Waals surface area contributed by atoms with Crippen molar-refractivity contribution >= 4 is 17.4 Å². The fourth-order valence-electron chi connectivity index (χ4n) is 1.89. The largest absolute Gasteiger partial charge is 0.288 e. The van der Waals surface area contributed by atoms with Crippen LogP contribution >= 0.6 is 11.6 Å². The Labute approximate surface area is 109 Å². The lowest BCUT2D eigenvalue weighted by Gasteiger charge is -2.08. The Morgan fingerprint density at radius 2 is 2.00 bits per heavy atom. The van der Waals surface area contributed by atoms with E-state index < -0.39 is 5.82 Å². The van der Waals surface area contributed by atoms with Gasteiger partial charge in [-0.3, -0.25) is 4.79 Å². The Hall–Kier alpha value is -1.74. The van der Waals surface area contributed by atoms with Crippen molar-refractivity contribution in [2.24, 2.45) is 0 Å². The lowest BCUT2D eigenvalue weighted by Crippen LogP contribution is -2.07. The van der Waals surface area contributed by atoms with Gasteiger partial charge in [-0.2, -0.15) is 0 Å². The fourth-order valence-corrected chi connectivity index (χ4v) is 2.07. The summed E-state index contributed by atoms with van der Waals surface area (Å²) in [6.45, 7) is 3.50. The van der Waals surface area contributed by atoms with E-state index in [-0.39, 0.29) is 16.5 Å². The topological polar surface area (TPSA) is 30.0 Å². The Balaban J connectivity index is 2.53. The number of aromatic nitrogens is 1. The summed E-state index contributed by atoms with van der Waals surface area (Å²) in [7, 11) is 0. The highest BCUT2D eigenvalue weighted by molar-refractivity contribution is 6.30. The van der Waals surface area contributed by atoms with Gasteiger partial charge in [0.05, 0.1) is 5.56 Å². The molecule has 0 saturated carbocycles. The number of carbonyl (C=O) groups is 1. The molecule has 0 bridgehead atoms. The summed E-state index contributed by atoms with van der Waals surface area (Å²) in [4.78, 5) is 16.0. The monoisotopic (exact) mass is 263 g/mol. The molecule has 0 fully saturated rings. The maximum absolute atomic E-state index is 13.9. The molecule has 1 aromatic carbocycles. The summed E-state index contributed by atoms with van der Waals surface area (Å²) in [5.74, 6) is -0.889. The number of ketones is 1. The zero-order chi connectivity index (χ0) is 13.3. The van der Waals surface area contributed by atoms with E-state index in [0.29, 0.717) is 11.1 Å². The number of hydrogen-bond acceptors (Lipinski definition) is 2. The second kappa shape index (κ2) is 4.86. The van der Waals surface area contributed by atoms with Gasteiger partial charge in [-0.15, -0.1) is 0 Å². The fraction of sp³-hybridized carbons (Fsp3) is 0.143. The van der Waals surface area contributed by atoms with Gasteiger partial charge in [-0.25, -0.2) is 9.37 Å². The first kappa shape index (κ1) is 12.7. The summed E-state index contributed by atoms with van der Waals surface area (Å²) in [6.07, 6.45) is 1.43. The van der Waals surface area contributed by atoms with Gasteiger partial charge in [0.2, 0.25) is 0 Å². The molecule has 0 N–H and O–H groups in total. The maximum Gasteiger partial charge on any atom is 0.196 e. The molecule has 0 atom stereocenters. The standard InChI is InChI=1S/C14H11ClFNO/c1-8-5-9(2)13(11(16)6-8)14(18)10-3-4-17-12(15)7-10/h3-7H,1-2H3. The van der Waals surface area contributed by atoms with Crippen LogP contribution in [0.2, 0.25) is 5.15 Å². The third-order valence-corrected chi connectivity index (χ3v) is 2.85. The van der Waals surface area contributed by atoms with Crippen LogP contribution in [-0.4, -0.2) is 10.8 Å². The Bertz CT molecular complexity index is 602. The molecule has 92 valence electrons. The van der Waals surface area contributed by atoms with Crippen LogP contribution in [-0.2, 0) is 0 Å². The van der Waals surface area contributed by atoms with Crippen molar-refractivity contribution in [1.29, 1.82) is 0 Å². The SMILES string of the molecule is Cc1cc(C)c(C(=O)c2ccnc(Cl)c2)c(F)c1. The predicted octanol–water partition coefficient (Wildman–Crippen LogP) is 3.72. The number of halogens is 2. The van der Waals surface area contributed by atoms with E-state index in [9.17, 15) is 9.18 Å². The first-order chi connectivity index (χ1) is 8.49. The van der Waals surface area contributed by atoms with E-state index in [1.807, 2.05) is 0 Å². The third kappa shape index (κ3) is 2.41. The zero-order valence-corrected chi connectivity index (χ0v) is 10.8. The molecule has 2 nitrogen and oxygen atoms in total. The molecule has 18 heavy (non-hydrogen) atoms. The number of pyridine rings is 1. The van der Waals surface area contributed by atoms with Crippen molar-refractivity contribution in [3.63, 3.8) is 0 Å². The molecule has 4 heteroatoms. The van der Waals surface area contributed by atoms with E-state index in [2.05, 4.69) is 4.98 Å². The molecular formula is C14H11ClFNO. The molecule has 2 rings (SSSR count). The van der Waals surface area contributed by atoms with E-state index in [1.165, 1.54) is 24.4 Å². The highest BCUT2D eigenvalue weighted by atomic mass is 35.5. The van der Waals surface area contributed by atoms with Gasteiger partial charge in [-0.05, 0) is 43.2 Å². The van der Waals surface area contributed by atoms with Gasteiger partial charge in [-0.1, -0.05) is 17.7 Å². The van der Waals surface area contributed by atoms with E-state index >= 15 is 0 Å². The van der Waals surface area contributed by atoms with E-state index in [4.69, 9.17) is 11.6 Å². The van der Waals surface area contributed by atoms with Crippen LogP contribution in [0, 0.1) is 19.7 Å². The van der Waals surface area contributed by atoms with Crippen LogP contribution in [0.5, 0.6) is 0 Å². The number of aryl methyl sites for hydroxylation is 2. The highest BCUT2D eigenvalue weighted by Crippen LogP contribution is 2.20. The van der Waals surface area contributed by atoms with Crippen LogP contribution in [0.4, 0.5) is 4.39 Å². The summed E-state index contributed by atoms with van der Waals surface area (Å²) < 4.78 is 13.9. The number of hydrogen-bond donors (Lipinski definition) is 0. The van der Waals surface area contributed by atoms with Crippen LogP contribution in [0.15, 0.2) is 30.5 Å². The minimum atomic E-state index is -0.509. The normalized spacial score (nSPS) is 10.4. The quantitative estimate of drug-likeness (QED) is 0.610. The Kier molecular flexibility index (Phi) is 3.43. The van der Waals surface area contributed by atoms with Crippen LogP contribution in [0.3, 0.4) is 0 Å². The summed E-state index contributed by atoms with van der Waals surface area (Å²) in [6, 6.07) is 6.08. The van der Waals surface area contributed by atoms with Gasteiger partial charge < -0.3 is 0 Å². The number of rotatable bonds is 2. The minimum Gasteiger partial charge on any atom is -0.288 e. The second-order valence-electron chi connectivity index (χ2n) is 4.14. The molecule has 0 spiro atoms. The van der Waals surface area contributed by atoms with E-state index in [0.717, 1.165) is 5.56 Å². The number of nitrogens with zero attached hydrogens (tertiary/aromatic N) is 1. The predicted molar refractivity (Wildman–Crippen MR) is 68.6 cm³/mol. The van der Waals surface area contributed by atoms with Crippen molar-refractivity contribution in [2.75, 3.05) is 0 Å². The molecule has 0 aliphatic carbocycles. The molecule has 0 aliphatic rings. The number of benzene rings is 1. The minimum absolute atomic E-state index is 0.0860. The first-order valence-electron chi connectivity index (χ1n) is 5.42. The third-order valence-electron chi connectivity index (χ3n) is 2.65. The van der Waals surface area contributed by atoms with E-state index in [1.54, 1.807) is 19.9 Å². The van der Waals surface area contributed by atoms with Crippen molar-refractivity contribution in [3.8, 4) is 0 Å². The maximum atomic E-state index is 13.9. The molecule has 0 unspecified atom stereocenters. The lowest BCUT2D eigenvalue weighted by molar-refractivity contribution is 0.103. The average molecular weight is 264 g/mol. The van der Waals surface area contributed by atoms with Crippen LogP contribution < -0.4 is 0 Å². The lowest BCUT2D eigenvalue weighted by atomic mass is 9.97. The molecule has 1 aromatic heterocycles. The zero-order valence-electron chi connectivity index (χ0n) is 10.00. The van der Waals surface area contributed by atoms with Gasteiger partial charge in [0, 0.05) is 11.8 Å². The summed E-state index contributed by atoms with van der Waals surface area (Å²) in [5, 5.41) is 0.214. The smallest absolute Gasteiger partial charge is 0.196 e. The van der Waals surface area contributed by atoms with Gasteiger partial charge in [0.15, 0.2) is 5.78 Å². The molecule has 1 heterocycles. The van der Waals surface area contributed by atoms with Gasteiger partial charge in [0.1, 0.15) is 11.0 Å². The van der Waals surface area contributed by atoms with Crippen molar-refractivity contribution in [1.82, 2.24) is 4.98 Å². The first-order valence-corrected chi connectivity index (χ1v) is 5.80. The van der Waals surface area contributed by atoms with Gasteiger partial charge >= 0.3 is 0 Å². The average Bonchev–Trinajstić information content (AvgIpc) is 2.27. The molecule has 0 amide bonds. The van der Waals surface area contributed by atoms with Crippen molar-refractivity contribution < 1.29 is 9.18 Å². The summed E-state index contributed by atoms with van der Waals surface area (Å²) in [5.41, 5.74) is 1.82. The Morgan fingerprint density at radius 1 is 1.28 bits per heavy atom. The molecule has 0 aliphatic heterocycles. The number of carbonyl (C=O) groups excluding carboxylic acids is 1. The molecule has 2 aromatic rings. The van der Waals surface area contributed by atoms with Crippen molar-refractivity contribution in [3.05, 3.63) is 63.7 Å². The molecule has 0 radical (unpaired) electrons. The molecular weight excluding hydrogens is 253 g/mol. The van der Waals surface area contributed by atoms with Crippen LogP contribution in [0.1, 0.15) is 27.0 Å². The Morgan fingerprint density at radius 3 is 2.61 bits per heavy atom.